The third-order valence-electron chi connectivity index (χ3n) is 5.27. The van der Waals surface area contributed by atoms with E-state index < -0.39 is 23.4 Å². The van der Waals surface area contributed by atoms with Crippen molar-refractivity contribution in [1.29, 1.82) is 0 Å². The molecule has 2 amide bonds. The fraction of sp³-hybridized carbons (Fsp3) is 0.192. The van der Waals surface area contributed by atoms with Gasteiger partial charge in [0.1, 0.15) is 11.4 Å². The van der Waals surface area contributed by atoms with Gasteiger partial charge in [-0.25, -0.2) is 4.79 Å². The molecule has 2 N–H and O–H groups in total. The Hall–Kier alpha value is -4.73. The van der Waals surface area contributed by atoms with Crippen LogP contribution in [-0.2, 0) is 20.7 Å². The van der Waals surface area contributed by atoms with Crippen LogP contribution in [0.1, 0.15) is 27.9 Å². The Morgan fingerprint density at radius 2 is 1.64 bits per heavy atom. The number of nitrogens with one attached hydrogen (secondary N) is 2. The fourth-order valence-corrected chi connectivity index (χ4v) is 3.38. The average molecular weight is 492 g/mol. The van der Waals surface area contributed by atoms with Gasteiger partial charge >= 0.3 is 5.97 Å². The lowest BCUT2D eigenvalue weighted by molar-refractivity contribution is -0.384. The Kier molecular flexibility index (Phi) is 8.71. The Bertz CT molecular complexity index is 1270. The number of nitrogens with zero attached hydrogens (tertiary/aromatic N) is 1. The van der Waals surface area contributed by atoms with Crippen LogP contribution in [0.4, 0.5) is 17.1 Å². The lowest BCUT2D eigenvalue weighted by Crippen LogP contribution is -2.23. The van der Waals surface area contributed by atoms with E-state index >= 15 is 0 Å². The molecule has 3 aromatic carbocycles. The number of para-hydroxylation sites is 2. The number of hydrogen-bond acceptors (Lipinski definition) is 7. The number of aryl methyl sites for hydroxylation is 2. The minimum absolute atomic E-state index is 0.0353. The molecular weight excluding hydrogens is 466 g/mol. The van der Waals surface area contributed by atoms with Crippen LogP contribution in [0.2, 0.25) is 0 Å². The molecule has 0 radical (unpaired) electrons. The molecular formula is C26H25N3O7. The highest BCUT2D eigenvalue weighted by Crippen LogP contribution is 2.27. The maximum atomic E-state index is 12.6. The molecule has 0 aliphatic carbocycles. The van der Waals surface area contributed by atoms with E-state index in [0.29, 0.717) is 12.0 Å². The van der Waals surface area contributed by atoms with Crippen LogP contribution in [0.5, 0.6) is 5.75 Å². The van der Waals surface area contributed by atoms with Crippen molar-refractivity contribution in [2.24, 2.45) is 0 Å². The van der Waals surface area contributed by atoms with Crippen LogP contribution in [0.25, 0.3) is 0 Å². The van der Waals surface area contributed by atoms with Crippen molar-refractivity contribution in [2.75, 3.05) is 24.4 Å². The summed E-state index contributed by atoms with van der Waals surface area (Å²) < 4.78 is 10.2. The number of methoxy groups -OCH3 is 1. The molecule has 0 aliphatic heterocycles. The number of benzene rings is 3. The predicted molar refractivity (Wildman–Crippen MR) is 133 cm³/mol. The van der Waals surface area contributed by atoms with Crippen molar-refractivity contribution in [3.8, 4) is 5.75 Å². The zero-order chi connectivity index (χ0) is 26.1. The first kappa shape index (κ1) is 25.9. The van der Waals surface area contributed by atoms with Gasteiger partial charge < -0.3 is 20.1 Å². The van der Waals surface area contributed by atoms with Gasteiger partial charge in [0.05, 0.1) is 23.3 Å². The van der Waals surface area contributed by atoms with Gasteiger partial charge in [0.2, 0.25) is 5.91 Å². The predicted octanol–water partition coefficient (Wildman–Crippen LogP) is 4.28. The number of nitro groups is 1. The molecule has 0 bridgehead atoms. The van der Waals surface area contributed by atoms with Crippen LogP contribution < -0.4 is 15.4 Å². The van der Waals surface area contributed by atoms with Gasteiger partial charge in [-0.3, -0.25) is 19.7 Å². The molecule has 3 aromatic rings. The van der Waals surface area contributed by atoms with Gasteiger partial charge in [0.25, 0.3) is 11.6 Å². The highest BCUT2D eigenvalue weighted by Gasteiger charge is 2.20. The van der Waals surface area contributed by atoms with E-state index in [4.69, 9.17) is 9.47 Å². The van der Waals surface area contributed by atoms with Crippen LogP contribution in [0.15, 0.2) is 66.7 Å². The van der Waals surface area contributed by atoms with E-state index in [1.807, 2.05) is 24.3 Å². The highest BCUT2D eigenvalue weighted by molar-refractivity contribution is 6.02. The first-order chi connectivity index (χ1) is 17.3. The molecule has 186 valence electrons. The quantitative estimate of drug-likeness (QED) is 0.245. The van der Waals surface area contributed by atoms with E-state index in [1.54, 1.807) is 38.3 Å². The molecule has 0 unspecified atom stereocenters. The topological polar surface area (TPSA) is 137 Å². The molecule has 0 saturated carbocycles. The van der Waals surface area contributed by atoms with Gasteiger partial charge in [0, 0.05) is 12.5 Å². The smallest absolute Gasteiger partial charge is 0.340 e. The number of carbonyl (C=O) groups excluding carboxylic acids is 3. The van der Waals surface area contributed by atoms with Crippen molar-refractivity contribution in [3.63, 3.8) is 0 Å². The van der Waals surface area contributed by atoms with Crippen molar-refractivity contribution in [3.05, 3.63) is 93.5 Å². The number of hydrogen-bond donors (Lipinski definition) is 2. The summed E-state index contributed by atoms with van der Waals surface area (Å²) in [5.41, 5.74) is 1.54. The molecule has 36 heavy (non-hydrogen) atoms. The first-order valence-electron chi connectivity index (χ1n) is 11.0. The number of rotatable bonds is 10. The van der Waals surface area contributed by atoms with Gasteiger partial charge in [-0.2, -0.15) is 0 Å². The van der Waals surface area contributed by atoms with E-state index in [9.17, 15) is 24.5 Å². The van der Waals surface area contributed by atoms with Gasteiger partial charge in [-0.15, -0.1) is 0 Å². The van der Waals surface area contributed by atoms with Gasteiger partial charge in [-0.05, 0) is 48.7 Å². The van der Waals surface area contributed by atoms with Crippen LogP contribution in [0.3, 0.4) is 0 Å². The maximum Gasteiger partial charge on any atom is 0.340 e. The number of nitro benzene ring substituents is 1. The standard InChI is InChI=1S/C26H25N3O7/c1-17-6-5-9-22(29(33)34)25(17)28-24(31)16-36-26(32)20-7-3-4-8-21(20)27-23(30)15-12-18-10-13-19(35-2)14-11-18/h3-11,13-14H,12,15-16H2,1-2H3,(H,27,30)(H,28,31). The summed E-state index contributed by atoms with van der Waals surface area (Å²) in [5.74, 6) is -1.13. The van der Waals surface area contributed by atoms with Crippen molar-refractivity contribution < 1.29 is 28.8 Å². The molecule has 0 saturated heterocycles. The Labute approximate surface area is 207 Å². The summed E-state index contributed by atoms with van der Waals surface area (Å²) in [4.78, 5) is 48.0. The number of anilines is 2. The summed E-state index contributed by atoms with van der Waals surface area (Å²) in [5, 5.41) is 16.3. The summed E-state index contributed by atoms with van der Waals surface area (Å²) >= 11 is 0. The van der Waals surface area contributed by atoms with E-state index in [1.165, 1.54) is 18.2 Å². The van der Waals surface area contributed by atoms with E-state index in [-0.39, 0.29) is 35.0 Å². The summed E-state index contributed by atoms with van der Waals surface area (Å²) in [6.07, 6.45) is 0.682. The van der Waals surface area contributed by atoms with Gasteiger partial charge in [-0.1, -0.05) is 36.4 Å². The fourth-order valence-electron chi connectivity index (χ4n) is 3.38. The third-order valence-corrected chi connectivity index (χ3v) is 5.27. The van der Waals surface area contributed by atoms with E-state index in [0.717, 1.165) is 11.3 Å². The first-order valence-corrected chi connectivity index (χ1v) is 11.0. The number of amides is 2. The zero-order valence-corrected chi connectivity index (χ0v) is 19.8. The molecule has 0 spiro atoms. The number of esters is 1. The molecule has 0 fully saturated rings. The Morgan fingerprint density at radius 3 is 2.33 bits per heavy atom. The van der Waals surface area contributed by atoms with E-state index in [2.05, 4.69) is 10.6 Å². The summed E-state index contributed by atoms with van der Waals surface area (Å²) in [6, 6.07) is 18.0. The Balaban J connectivity index is 1.57. The highest BCUT2D eigenvalue weighted by atomic mass is 16.6. The number of carbonyl (C=O) groups is 3. The lowest BCUT2D eigenvalue weighted by Gasteiger charge is -2.12. The van der Waals surface area contributed by atoms with Crippen molar-refractivity contribution in [1.82, 2.24) is 0 Å². The molecule has 10 nitrogen and oxygen atoms in total. The number of ether oxygens (including phenoxy) is 2. The minimum atomic E-state index is -0.824. The molecule has 0 aliphatic rings. The van der Waals surface area contributed by atoms with Crippen LogP contribution >= 0.6 is 0 Å². The second-order valence-electron chi connectivity index (χ2n) is 7.79. The zero-order valence-electron chi connectivity index (χ0n) is 19.8. The summed E-state index contributed by atoms with van der Waals surface area (Å²) in [6.45, 7) is 0.951. The molecule has 0 aromatic heterocycles. The molecule has 0 heterocycles. The van der Waals surface area contributed by atoms with Gasteiger partial charge in [0.15, 0.2) is 6.61 Å². The largest absolute Gasteiger partial charge is 0.497 e. The minimum Gasteiger partial charge on any atom is -0.497 e. The third kappa shape index (κ3) is 6.89. The molecule has 3 rings (SSSR count). The van der Waals surface area contributed by atoms with Crippen molar-refractivity contribution in [2.45, 2.75) is 19.8 Å². The van der Waals surface area contributed by atoms with Crippen molar-refractivity contribution >= 4 is 34.8 Å². The average Bonchev–Trinajstić information content (AvgIpc) is 2.87. The molecule has 0 atom stereocenters. The maximum absolute atomic E-state index is 12.6. The van der Waals surface area contributed by atoms with Crippen LogP contribution in [-0.4, -0.2) is 36.4 Å². The second kappa shape index (κ2) is 12.1. The van der Waals surface area contributed by atoms with Crippen LogP contribution in [0, 0.1) is 17.0 Å². The normalized spacial score (nSPS) is 10.3. The summed E-state index contributed by atoms with van der Waals surface area (Å²) in [7, 11) is 1.58. The molecule has 10 heteroatoms. The lowest BCUT2D eigenvalue weighted by atomic mass is 10.1. The second-order valence-corrected chi connectivity index (χ2v) is 7.79. The SMILES string of the molecule is COc1ccc(CCC(=O)Nc2ccccc2C(=O)OCC(=O)Nc2c(C)cccc2[N+](=O)[O-])cc1. The Morgan fingerprint density at radius 1 is 0.917 bits per heavy atom. The monoisotopic (exact) mass is 491 g/mol.